The Morgan fingerprint density at radius 3 is 2.62 bits per heavy atom. The summed E-state index contributed by atoms with van der Waals surface area (Å²) in [7, 11) is 1.57. The maximum Gasteiger partial charge on any atom is 0.268 e. The summed E-state index contributed by atoms with van der Waals surface area (Å²) in [6.45, 7) is 0.478. The van der Waals surface area contributed by atoms with E-state index in [0.717, 1.165) is 9.60 Å². The summed E-state index contributed by atoms with van der Waals surface area (Å²) in [5.74, 6) is -1.28. The van der Waals surface area contributed by atoms with E-state index in [4.69, 9.17) is 27.9 Å². The van der Waals surface area contributed by atoms with E-state index in [1.54, 1.807) is 23.8 Å². The number of fused-ring (bicyclic) bond motifs is 1. The molecular formula is C16H15Cl2N3O4S. The zero-order valence-electron chi connectivity index (χ0n) is 13.8. The van der Waals surface area contributed by atoms with Crippen LogP contribution in [0.5, 0.6) is 0 Å². The van der Waals surface area contributed by atoms with Crippen molar-refractivity contribution in [2.75, 3.05) is 20.3 Å². The molecule has 1 aliphatic heterocycles. The normalized spacial score (nSPS) is 15.5. The third-order valence-electron chi connectivity index (χ3n) is 3.88. The lowest BCUT2D eigenvalue weighted by Crippen LogP contribution is -2.34. The number of amides is 3. The van der Waals surface area contributed by atoms with Crippen LogP contribution >= 0.6 is 34.5 Å². The van der Waals surface area contributed by atoms with E-state index in [1.165, 1.54) is 11.3 Å². The first-order valence-corrected chi connectivity index (χ1v) is 9.36. The highest BCUT2D eigenvalue weighted by Gasteiger charge is 2.30. The predicted molar refractivity (Wildman–Crippen MR) is 98.2 cm³/mol. The van der Waals surface area contributed by atoms with Crippen molar-refractivity contribution in [3.8, 4) is 0 Å². The van der Waals surface area contributed by atoms with E-state index in [2.05, 4.69) is 4.99 Å². The fourth-order valence-corrected chi connectivity index (χ4v) is 4.54. The van der Waals surface area contributed by atoms with Gasteiger partial charge in [0.25, 0.3) is 5.91 Å². The second-order valence-electron chi connectivity index (χ2n) is 5.64. The number of ether oxygens (including phenoxy) is 1. The van der Waals surface area contributed by atoms with Gasteiger partial charge in [-0.15, -0.1) is 0 Å². The van der Waals surface area contributed by atoms with Crippen LogP contribution in [-0.2, 0) is 25.7 Å². The van der Waals surface area contributed by atoms with E-state index < -0.39 is 5.91 Å². The molecule has 138 valence electrons. The Labute approximate surface area is 162 Å². The molecule has 0 radical (unpaired) electrons. The predicted octanol–water partition coefficient (Wildman–Crippen LogP) is 2.23. The van der Waals surface area contributed by atoms with Crippen LogP contribution in [0.1, 0.15) is 12.8 Å². The van der Waals surface area contributed by atoms with Gasteiger partial charge >= 0.3 is 0 Å². The average molecular weight is 416 g/mol. The fourth-order valence-electron chi connectivity index (χ4n) is 2.68. The molecule has 1 aromatic heterocycles. The number of hydrogen-bond donors (Lipinski definition) is 0. The minimum Gasteiger partial charge on any atom is -0.383 e. The molecule has 7 nitrogen and oxygen atoms in total. The molecule has 1 saturated heterocycles. The number of thiazole rings is 1. The minimum absolute atomic E-state index is 0.136. The minimum atomic E-state index is -0.575. The third-order valence-corrected chi connectivity index (χ3v) is 5.41. The van der Waals surface area contributed by atoms with E-state index in [-0.39, 0.29) is 31.2 Å². The number of hydrogen-bond acceptors (Lipinski definition) is 5. The van der Waals surface area contributed by atoms with Crippen LogP contribution in [0.2, 0.25) is 10.0 Å². The zero-order valence-corrected chi connectivity index (χ0v) is 16.2. The Balaban J connectivity index is 2.01. The van der Waals surface area contributed by atoms with Gasteiger partial charge in [-0.25, -0.2) is 0 Å². The van der Waals surface area contributed by atoms with Crippen LogP contribution < -0.4 is 4.80 Å². The number of carbonyl (C=O) groups excluding carboxylic acids is 3. The Kier molecular flexibility index (Phi) is 5.76. The summed E-state index contributed by atoms with van der Waals surface area (Å²) in [5, 5.41) is 0.924. The lowest BCUT2D eigenvalue weighted by Gasteiger charge is -2.10. The second kappa shape index (κ2) is 7.87. The van der Waals surface area contributed by atoms with Crippen molar-refractivity contribution in [3.05, 3.63) is 27.0 Å². The third kappa shape index (κ3) is 3.83. The monoisotopic (exact) mass is 415 g/mol. The number of aromatic nitrogens is 1. The molecule has 0 atom stereocenters. The molecule has 1 aromatic carbocycles. The summed E-state index contributed by atoms with van der Waals surface area (Å²) in [6.07, 6.45) is 0.272. The van der Waals surface area contributed by atoms with Crippen LogP contribution in [0.4, 0.5) is 0 Å². The number of likely N-dealkylation sites (tertiary alicyclic amines) is 1. The molecule has 2 aromatic rings. The number of halogens is 2. The number of nitrogens with zero attached hydrogens (tertiary/aromatic N) is 3. The maximum absolute atomic E-state index is 12.3. The van der Waals surface area contributed by atoms with Crippen LogP contribution in [-0.4, -0.2) is 47.4 Å². The first kappa shape index (κ1) is 19.0. The van der Waals surface area contributed by atoms with Crippen molar-refractivity contribution in [2.45, 2.75) is 19.4 Å². The van der Waals surface area contributed by atoms with Crippen molar-refractivity contribution < 1.29 is 19.1 Å². The maximum atomic E-state index is 12.3. The molecule has 0 spiro atoms. The summed E-state index contributed by atoms with van der Waals surface area (Å²) < 4.78 is 7.66. The molecule has 1 aliphatic rings. The van der Waals surface area contributed by atoms with Gasteiger partial charge in [0.2, 0.25) is 11.8 Å². The molecular weight excluding hydrogens is 401 g/mol. The molecule has 0 aliphatic carbocycles. The Morgan fingerprint density at radius 1 is 1.27 bits per heavy atom. The fraction of sp³-hybridized carbons (Fsp3) is 0.375. The molecule has 10 heteroatoms. The molecule has 3 rings (SSSR count). The van der Waals surface area contributed by atoms with Gasteiger partial charge in [-0.2, -0.15) is 4.99 Å². The Hall–Kier alpha value is -1.74. The lowest BCUT2D eigenvalue weighted by atomic mass is 10.3. The molecule has 3 amide bonds. The smallest absolute Gasteiger partial charge is 0.268 e. The number of rotatable bonds is 5. The van der Waals surface area contributed by atoms with Gasteiger partial charge < -0.3 is 9.30 Å². The SMILES string of the molecule is COCCn1c(=NC(=O)CN2C(=O)CCC2=O)sc2cc(Cl)cc(Cl)c21. The molecule has 0 saturated carbocycles. The van der Waals surface area contributed by atoms with Crippen LogP contribution in [0.25, 0.3) is 10.2 Å². The largest absolute Gasteiger partial charge is 0.383 e. The van der Waals surface area contributed by atoms with Gasteiger partial charge in [-0.05, 0) is 12.1 Å². The molecule has 0 N–H and O–H groups in total. The Bertz CT molecular complexity index is 950. The van der Waals surface area contributed by atoms with Crippen molar-refractivity contribution in [1.82, 2.24) is 9.47 Å². The van der Waals surface area contributed by atoms with E-state index in [1.807, 2.05) is 0 Å². The summed E-state index contributed by atoms with van der Waals surface area (Å²) in [4.78, 5) is 41.1. The van der Waals surface area contributed by atoms with E-state index >= 15 is 0 Å². The van der Waals surface area contributed by atoms with E-state index in [0.29, 0.717) is 33.5 Å². The molecule has 0 unspecified atom stereocenters. The number of benzene rings is 1. The van der Waals surface area contributed by atoms with Gasteiger partial charge in [-0.3, -0.25) is 19.3 Å². The number of imide groups is 1. The van der Waals surface area contributed by atoms with Crippen molar-refractivity contribution in [2.24, 2.45) is 4.99 Å². The topological polar surface area (TPSA) is 81.0 Å². The first-order chi connectivity index (χ1) is 12.4. The number of methoxy groups -OCH3 is 1. The summed E-state index contributed by atoms with van der Waals surface area (Å²) in [5.41, 5.74) is 0.706. The van der Waals surface area contributed by atoms with Crippen molar-refractivity contribution in [1.29, 1.82) is 0 Å². The molecule has 26 heavy (non-hydrogen) atoms. The van der Waals surface area contributed by atoms with Crippen LogP contribution in [0.3, 0.4) is 0 Å². The second-order valence-corrected chi connectivity index (χ2v) is 7.50. The van der Waals surface area contributed by atoms with Crippen molar-refractivity contribution >= 4 is 62.5 Å². The zero-order chi connectivity index (χ0) is 18.8. The summed E-state index contributed by atoms with van der Waals surface area (Å²) in [6, 6.07) is 3.36. The first-order valence-electron chi connectivity index (χ1n) is 7.78. The molecule has 2 heterocycles. The summed E-state index contributed by atoms with van der Waals surface area (Å²) >= 11 is 13.6. The molecule has 0 bridgehead atoms. The lowest BCUT2D eigenvalue weighted by molar-refractivity contribution is -0.141. The van der Waals surface area contributed by atoms with E-state index in [9.17, 15) is 14.4 Å². The van der Waals surface area contributed by atoms with Gasteiger partial charge in [0.05, 0.1) is 21.8 Å². The quantitative estimate of drug-likeness (QED) is 0.701. The van der Waals surface area contributed by atoms with Gasteiger partial charge in [0.1, 0.15) is 6.54 Å². The molecule has 1 fully saturated rings. The highest BCUT2D eigenvalue weighted by atomic mass is 35.5. The standard InChI is InChI=1S/C16H15Cl2N3O4S/c1-25-5-4-20-15-10(18)6-9(17)7-11(15)26-16(20)19-12(22)8-21-13(23)2-3-14(21)24/h6-7H,2-5,8H2,1H3. The van der Waals surface area contributed by atoms with Gasteiger partial charge in [0, 0.05) is 31.5 Å². The average Bonchev–Trinajstić information content (AvgIpc) is 3.07. The van der Waals surface area contributed by atoms with Gasteiger partial charge in [-0.1, -0.05) is 34.5 Å². The van der Waals surface area contributed by atoms with Crippen molar-refractivity contribution in [3.63, 3.8) is 0 Å². The van der Waals surface area contributed by atoms with Crippen LogP contribution in [0.15, 0.2) is 17.1 Å². The van der Waals surface area contributed by atoms with Crippen LogP contribution in [0, 0.1) is 0 Å². The Morgan fingerprint density at radius 2 is 1.96 bits per heavy atom. The van der Waals surface area contributed by atoms with Gasteiger partial charge in [0.15, 0.2) is 4.80 Å². The highest BCUT2D eigenvalue weighted by molar-refractivity contribution is 7.16. The number of carbonyl (C=O) groups is 3. The highest BCUT2D eigenvalue weighted by Crippen LogP contribution is 2.29.